The van der Waals surface area contributed by atoms with Crippen molar-refractivity contribution in [2.45, 2.75) is 70.0 Å². The number of alkyl halides is 6. The Labute approximate surface area is 238 Å². The number of hydrogen-bond acceptors (Lipinski definition) is 6. The molecule has 1 aliphatic heterocycles. The number of fused-ring (bicyclic) bond motifs is 1. The van der Waals surface area contributed by atoms with Gasteiger partial charge >= 0.3 is 12.4 Å². The predicted octanol–water partition coefficient (Wildman–Crippen LogP) is 7.04. The maximum absolute atomic E-state index is 13.3. The Morgan fingerprint density at radius 1 is 0.976 bits per heavy atom. The lowest BCUT2D eigenvalue weighted by Crippen LogP contribution is -2.26. The van der Waals surface area contributed by atoms with Crippen molar-refractivity contribution in [2.75, 3.05) is 5.75 Å². The van der Waals surface area contributed by atoms with Gasteiger partial charge in [0, 0.05) is 24.4 Å². The number of halogens is 6. The van der Waals surface area contributed by atoms with E-state index in [1.807, 2.05) is 18.7 Å². The normalized spacial score (nSPS) is 16.4. The molecule has 4 rings (SSSR count). The minimum absolute atomic E-state index is 0.0245. The topological polar surface area (TPSA) is 67.3 Å². The molecule has 0 spiro atoms. The fourth-order valence-electron chi connectivity index (χ4n) is 4.97. The van der Waals surface area contributed by atoms with Gasteiger partial charge in [0.05, 0.1) is 39.9 Å². The molecule has 0 fully saturated rings. The van der Waals surface area contributed by atoms with Crippen LogP contribution in [0.2, 0.25) is 0 Å². The number of benzene rings is 2. The average molecular weight is 619 g/mol. The third-order valence-electron chi connectivity index (χ3n) is 6.87. The van der Waals surface area contributed by atoms with E-state index in [-0.39, 0.29) is 66.0 Å². The summed E-state index contributed by atoms with van der Waals surface area (Å²) < 4.78 is 104. The molecule has 0 radical (unpaired) electrons. The zero-order chi connectivity index (χ0) is 30.3. The molecule has 13 heteroatoms. The molecule has 5 nitrogen and oxygen atoms in total. The zero-order valence-corrected chi connectivity index (χ0v) is 24.1. The van der Waals surface area contributed by atoms with Gasteiger partial charge in [0.2, 0.25) is 0 Å². The fourth-order valence-corrected chi connectivity index (χ4v) is 7.01. The molecule has 0 saturated carbocycles. The van der Waals surface area contributed by atoms with Crippen LogP contribution in [0.25, 0.3) is 0 Å². The number of carbonyl (C=O) groups is 1. The molecule has 1 aromatic heterocycles. The summed E-state index contributed by atoms with van der Waals surface area (Å²) in [5.74, 6) is -0.193. The Hall–Kier alpha value is -2.77. The van der Waals surface area contributed by atoms with E-state index in [1.54, 1.807) is 19.1 Å². The number of nitrogens with zero attached hydrogens (tertiary/aromatic N) is 2. The van der Waals surface area contributed by atoms with Crippen LogP contribution in [0.4, 0.5) is 26.3 Å². The van der Waals surface area contributed by atoms with Gasteiger partial charge in [0.25, 0.3) is 0 Å². The van der Waals surface area contributed by atoms with Gasteiger partial charge in [-0.1, -0.05) is 32.9 Å². The van der Waals surface area contributed by atoms with E-state index in [2.05, 4.69) is 4.98 Å². The van der Waals surface area contributed by atoms with Gasteiger partial charge in [-0.05, 0) is 47.4 Å². The van der Waals surface area contributed by atoms with Crippen LogP contribution in [0.15, 0.2) is 47.4 Å². The Kier molecular flexibility index (Phi) is 8.73. The quantitative estimate of drug-likeness (QED) is 0.241. The summed E-state index contributed by atoms with van der Waals surface area (Å²) in [7, 11) is -3.34. The summed E-state index contributed by atoms with van der Waals surface area (Å²) in [6, 6.07) is 7.44. The van der Waals surface area contributed by atoms with E-state index in [1.165, 1.54) is 23.5 Å². The molecule has 0 N–H and O–H groups in total. The molecule has 2 aromatic carbocycles. The van der Waals surface area contributed by atoms with Crippen molar-refractivity contribution < 1.29 is 39.6 Å². The lowest BCUT2D eigenvalue weighted by atomic mass is 10.00. The molecule has 222 valence electrons. The molecular weight excluding hydrogens is 590 g/mol. The third kappa shape index (κ3) is 7.18. The molecule has 2 heterocycles. The molecule has 0 amide bonds. The first-order valence-electron chi connectivity index (χ1n) is 12.8. The summed E-state index contributed by atoms with van der Waals surface area (Å²) in [6.45, 7) is 5.50. The number of hydrogen-bond donors (Lipinski definition) is 0. The van der Waals surface area contributed by atoms with Gasteiger partial charge in [-0.2, -0.15) is 26.3 Å². The fraction of sp³-hybridized carbons (Fsp3) is 0.429. The van der Waals surface area contributed by atoms with E-state index >= 15 is 0 Å². The zero-order valence-electron chi connectivity index (χ0n) is 22.4. The molecular formula is C28H28F6N2O3S2. The highest BCUT2D eigenvalue weighted by atomic mass is 32.2. The summed E-state index contributed by atoms with van der Waals surface area (Å²) in [4.78, 5) is 20.2. The number of aromatic nitrogens is 1. The lowest BCUT2D eigenvalue weighted by Gasteiger charge is -2.28. The predicted molar refractivity (Wildman–Crippen MR) is 142 cm³/mol. The second kappa shape index (κ2) is 11.5. The highest BCUT2D eigenvalue weighted by molar-refractivity contribution is 7.91. The van der Waals surface area contributed by atoms with Gasteiger partial charge < -0.3 is 0 Å². The molecule has 0 bridgehead atoms. The van der Waals surface area contributed by atoms with Crippen LogP contribution < -0.4 is 0 Å². The molecule has 0 saturated heterocycles. The van der Waals surface area contributed by atoms with Crippen LogP contribution in [0.3, 0.4) is 0 Å². The van der Waals surface area contributed by atoms with E-state index in [4.69, 9.17) is 0 Å². The van der Waals surface area contributed by atoms with Crippen molar-refractivity contribution in [3.05, 3.63) is 80.3 Å². The van der Waals surface area contributed by atoms with Crippen LogP contribution in [0, 0.1) is 5.92 Å². The Morgan fingerprint density at radius 2 is 1.56 bits per heavy atom. The van der Waals surface area contributed by atoms with E-state index in [9.17, 15) is 39.6 Å². The standard InChI is InChI=1S/C28H28F6N2O3S2/c1-4-41(38,39)22-7-5-17(6-8-22)11-21(37)13-24-35-25-23(40-24)15-36(26(25)16(2)3)14-18-9-19(27(29,30)31)12-20(10-18)28(32,33)34/h5-10,12,16,26H,4,11,13-15H2,1-3H3/t26-/m1/s1. The second-order valence-corrected chi connectivity index (χ2v) is 13.8. The number of thiazole rings is 1. The first-order chi connectivity index (χ1) is 19.0. The highest BCUT2D eigenvalue weighted by Gasteiger charge is 2.39. The van der Waals surface area contributed by atoms with Crippen LogP contribution in [-0.2, 0) is 52.9 Å². The molecule has 3 aromatic rings. The van der Waals surface area contributed by atoms with Crippen molar-refractivity contribution in [3.8, 4) is 0 Å². The van der Waals surface area contributed by atoms with Crippen LogP contribution in [0.1, 0.15) is 64.6 Å². The molecule has 0 unspecified atom stereocenters. The number of sulfone groups is 1. The van der Waals surface area contributed by atoms with Crippen molar-refractivity contribution in [3.63, 3.8) is 0 Å². The Morgan fingerprint density at radius 3 is 2.07 bits per heavy atom. The third-order valence-corrected chi connectivity index (χ3v) is 9.68. The van der Waals surface area contributed by atoms with Crippen LogP contribution in [-0.4, -0.2) is 29.8 Å². The SMILES string of the molecule is CCS(=O)(=O)c1ccc(CC(=O)Cc2nc3c(s2)CN(Cc2cc(C(F)(F)F)cc(C(F)(F)F)c2)[C@@H]3C(C)C)cc1. The van der Waals surface area contributed by atoms with Crippen molar-refractivity contribution in [1.29, 1.82) is 0 Å². The Balaban J connectivity index is 1.49. The number of rotatable bonds is 9. The lowest BCUT2D eigenvalue weighted by molar-refractivity contribution is -0.143. The number of Topliss-reactive ketones (excluding diaryl/α,β-unsaturated/α-hetero) is 1. The summed E-state index contributed by atoms with van der Waals surface area (Å²) in [5.41, 5.74) is -1.44. The largest absolute Gasteiger partial charge is 0.416 e. The van der Waals surface area contributed by atoms with Gasteiger partial charge in [-0.25, -0.2) is 13.4 Å². The second-order valence-electron chi connectivity index (χ2n) is 10.4. The van der Waals surface area contributed by atoms with Crippen molar-refractivity contribution in [1.82, 2.24) is 9.88 Å². The maximum atomic E-state index is 13.3. The van der Waals surface area contributed by atoms with E-state index < -0.39 is 33.3 Å². The van der Waals surface area contributed by atoms with Gasteiger partial charge in [-0.3, -0.25) is 9.69 Å². The minimum atomic E-state index is -4.92. The summed E-state index contributed by atoms with van der Waals surface area (Å²) >= 11 is 1.31. The minimum Gasteiger partial charge on any atom is -0.299 e. The summed E-state index contributed by atoms with van der Waals surface area (Å²) in [5, 5.41) is 0.578. The maximum Gasteiger partial charge on any atom is 0.416 e. The molecule has 1 atom stereocenters. The first kappa shape index (κ1) is 31.2. The van der Waals surface area contributed by atoms with Crippen molar-refractivity contribution in [2.24, 2.45) is 5.92 Å². The average Bonchev–Trinajstić information content (AvgIpc) is 3.39. The number of carbonyl (C=O) groups excluding carboxylic acids is 1. The first-order valence-corrected chi connectivity index (χ1v) is 15.3. The molecule has 0 aliphatic carbocycles. The molecule has 41 heavy (non-hydrogen) atoms. The van der Waals surface area contributed by atoms with Gasteiger partial charge in [0.1, 0.15) is 10.8 Å². The van der Waals surface area contributed by atoms with Crippen LogP contribution >= 0.6 is 11.3 Å². The smallest absolute Gasteiger partial charge is 0.299 e. The molecule has 1 aliphatic rings. The Bertz CT molecular complexity index is 1500. The number of ketones is 1. The van der Waals surface area contributed by atoms with E-state index in [0.29, 0.717) is 16.3 Å². The van der Waals surface area contributed by atoms with Crippen LogP contribution in [0.5, 0.6) is 0 Å². The van der Waals surface area contributed by atoms with Gasteiger partial charge in [0.15, 0.2) is 9.84 Å². The van der Waals surface area contributed by atoms with Gasteiger partial charge in [-0.15, -0.1) is 11.3 Å². The van der Waals surface area contributed by atoms with E-state index in [0.717, 1.165) is 17.0 Å². The van der Waals surface area contributed by atoms with Crippen molar-refractivity contribution >= 4 is 27.0 Å². The highest BCUT2D eigenvalue weighted by Crippen LogP contribution is 2.43. The monoisotopic (exact) mass is 618 g/mol. The summed E-state index contributed by atoms with van der Waals surface area (Å²) in [6.07, 6.45) is -9.70.